The van der Waals surface area contributed by atoms with E-state index in [0.717, 1.165) is 17.1 Å². The molecule has 1 aromatic heterocycles. The molecule has 2 aromatic carbocycles. The zero-order valence-corrected chi connectivity index (χ0v) is 22.5. The smallest absolute Gasteiger partial charge is 0.433 e. The van der Waals surface area contributed by atoms with E-state index in [2.05, 4.69) is 15.3 Å². The average molecular weight is 627 g/mol. The Kier molecular flexibility index (Phi) is 7.60. The van der Waals surface area contributed by atoms with Gasteiger partial charge in [0.25, 0.3) is 11.8 Å². The van der Waals surface area contributed by atoms with Gasteiger partial charge in [-0.1, -0.05) is 12.1 Å². The third-order valence-corrected chi connectivity index (χ3v) is 7.50. The summed E-state index contributed by atoms with van der Waals surface area (Å²) in [4.78, 5) is 33.9. The number of amides is 2. The lowest BCUT2D eigenvalue weighted by Gasteiger charge is -2.46. The average Bonchev–Trinajstić information content (AvgIpc) is 3.35. The van der Waals surface area contributed by atoms with Gasteiger partial charge in [-0.2, -0.15) is 26.3 Å². The van der Waals surface area contributed by atoms with E-state index in [1.165, 1.54) is 24.1 Å². The van der Waals surface area contributed by atoms with Crippen molar-refractivity contribution in [2.24, 2.45) is 0 Å². The van der Waals surface area contributed by atoms with Crippen molar-refractivity contribution < 1.29 is 49.8 Å². The summed E-state index contributed by atoms with van der Waals surface area (Å²) in [6, 6.07) is 5.49. The summed E-state index contributed by atoms with van der Waals surface area (Å²) in [5.41, 5.74) is -6.84. The van der Waals surface area contributed by atoms with E-state index in [4.69, 9.17) is 0 Å². The van der Waals surface area contributed by atoms with E-state index < -0.39 is 87.4 Å². The van der Waals surface area contributed by atoms with Crippen LogP contribution in [0.2, 0.25) is 0 Å². The number of hydrazine groups is 1. The van der Waals surface area contributed by atoms with Crippen LogP contribution < -0.4 is 5.32 Å². The molecule has 1 atom stereocenters. The Balaban J connectivity index is 1.57. The molecule has 8 nitrogen and oxygen atoms in total. The molecule has 1 unspecified atom stereocenters. The molecule has 1 saturated heterocycles. The molecule has 2 aliphatic rings. The van der Waals surface area contributed by atoms with Gasteiger partial charge < -0.3 is 10.4 Å². The number of aromatic nitrogens is 2. The molecule has 2 N–H and O–H groups in total. The van der Waals surface area contributed by atoms with Crippen LogP contribution in [-0.4, -0.2) is 49.0 Å². The first-order valence-corrected chi connectivity index (χ1v) is 12.9. The minimum Gasteiger partial charge on any atom is -0.509 e. The van der Waals surface area contributed by atoms with Gasteiger partial charge in [-0.3, -0.25) is 14.6 Å². The van der Waals surface area contributed by atoms with Gasteiger partial charge in [0.1, 0.15) is 23.4 Å². The summed E-state index contributed by atoms with van der Waals surface area (Å²) in [5, 5.41) is 15.8. The molecule has 16 heteroatoms. The maximum atomic E-state index is 14.5. The molecule has 5 rings (SSSR count). The number of hydrogen-bond acceptors (Lipinski definition) is 6. The Morgan fingerprint density at radius 2 is 1.77 bits per heavy atom. The fourth-order valence-electron chi connectivity index (χ4n) is 5.27. The van der Waals surface area contributed by atoms with Gasteiger partial charge >= 0.3 is 12.4 Å². The van der Waals surface area contributed by atoms with E-state index in [0.29, 0.717) is 30.9 Å². The molecule has 0 spiro atoms. The van der Waals surface area contributed by atoms with Crippen LogP contribution in [0.15, 0.2) is 60.1 Å². The summed E-state index contributed by atoms with van der Waals surface area (Å²) in [6.07, 6.45) is -8.74. The zero-order chi connectivity index (χ0) is 32.2. The number of halogens is 8. The van der Waals surface area contributed by atoms with Gasteiger partial charge in [0.2, 0.25) is 0 Å². The SMILES string of the molecule is CC12CCCN1N(Cc1cccc(F)c1F)C(=O)C(C(=O)Nc1ccc(C(F)(F)F)cc1-c1cc(C(F)(F)F)ncn1)=C2O. The molecular formula is C28H21F8N5O3. The van der Waals surface area contributed by atoms with Gasteiger partial charge in [-0.05, 0) is 50.1 Å². The molecule has 44 heavy (non-hydrogen) atoms. The number of alkyl halides is 6. The molecule has 3 heterocycles. The van der Waals surface area contributed by atoms with Crippen LogP contribution in [0.25, 0.3) is 11.3 Å². The van der Waals surface area contributed by atoms with Crippen molar-refractivity contribution in [3.8, 4) is 11.3 Å². The normalized spacial score (nSPS) is 19.4. The highest BCUT2D eigenvalue weighted by atomic mass is 19.4. The van der Waals surface area contributed by atoms with E-state index in [1.807, 2.05) is 0 Å². The lowest BCUT2D eigenvalue weighted by atomic mass is 9.90. The molecule has 3 aromatic rings. The fourth-order valence-corrected chi connectivity index (χ4v) is 5.27. The van der Waals surface area contributed by atoms with E-state index in [1.54, 1.807) is 0 Å². The summed E-state index contributed by atoms with van der Waals surface area (Å²) in [6.45, 7) is 1.18. The second kappa shape index (κ2) is 10.8. The van der Waals surface area contributed by atoms with Gasteiger partial charge in [-0.25, -0.2) is 23.8 Å². The maximum absolute atomic E-state index is 14.5. The number of hydrogen-bond donors (Lipinski definition) is 2. The van der Waals surface area contributed by atoms with Gasteiger partial charge in [-0.15, -0.1) is 0 Å². The van der Waals surface area contributed by atoms with E-state index in [-0.39, 0.29) is 18.5 Å². The summed E-state index contributed by atoms with van der Waals surface area (Å²) >= 11 is 0. The number of rotatable bonds is 5. The van der Waals surface area contributed by atoms with Crippen molar-refractivity contribution in [1.29, 1.82) is 0 Å². The highest BCUT2D eigenvalue weighted by molar-refractivity contribution is 6.24. The Bertz CT molecular complexity index is 1690. The lowest BCUT2D eigenvalue weighted by Crippen LogP contribution is -2.60. The van der Waals surface area contributed by atoms with Gasteiger partial charge in [0.05, 0.1) is 29.0 Å². The second-order valence-corrected chi connectivity index (χ2v) is 10.3. The summed E-state index contributed by atoms with van der Waals surface area (Å²) in [5.74, 6) is -5.53. The number of nitrogens with one attached hydrogen (secondary N) is 1. The van der Waals surface area contributed by atoms with Crippen LogP contribution >= 0.6 is 0 Å². The number of fused-ring (bicyclic) bond motifs is 1. The molecule has 0 bridgehead atoms. The maximum Gasteiger partial charge on any atom is 0.433 e. The van der Waals surface area contributed by atoms with Crippen LogP contribution in [0.5, 0.6) is 0 Å². The Morgan fingerprint density at radius 3 is 2.45 bits per heavy atom. The minimum atomic E-state index is -4.97. The van der Waals surface area contributed by atoms with Crippen molar-refractivity contribution in [3.63, 3.8) is 0 Å². The highest BCUT2D eigenvalue weighted by Gasteiger charge is 2.52. The molecule has 2 aliphatic heterocycles. The van der Waals surface area contributed by atoms with Crippen molar-refractivity contribution in [2.75, 3.05) is 11.9 Å². The van der Waals surface area contributed by atoms with Crippen LogP contribution in [0.3, 0.4) is 0 Å². The minimum absolute atomic E-state index is 0.205. The molecule has 1 fully saturated rings. The quantitative estimate of drug-likeness (QED) is 0.265. The summed E-state index contributed by atoms with van der Waals surface area (Å²) in [7, 11) is 0. The first-order chi connectivity index (χ1) is 20.5. The standard InChI is InChI=1S/C28H21F8N5O3/c1-26-8-3-9-41(26)40(12-14-4-2-5-17(29)22(14)30)25(44)21(23(26)42)24(43)39-18-7-6-15(27(31,32)33)10-16(18)19-11-20(28(34,35)36)38-13-37-19/h2,4-7,10-11,13,42H,3,8-9,12H2,1H3,(H,39,43). The number of carbonyl (C=O) groups is 2. The number of carbonyl (C=O) groups excluding carboxylic acids is 2. The Hall–Kier alpha value is -4.60. The number of anilines is 1. The molecule has 0 radical (unpaired) electrons. The van der Waals surface area contributed by atoms with E-state index >= 15 is 0 Å². The predicted octanol–water partition coefficient (Wildman–Crippen LogP) is 6.02. The van der Waals surface area contributed by atoms with Crippen LogP contribution in [-0.2, 0) is 28.5 Å². The van der Waals surface area contributed by atoms with E-state index in [9.17, 15) is 49.8 Å². The van der Waals surface area contributed by atoms with Crippen molar-refractivity contribution >= 4 is 17.5 Å². The molecular weight excluding hydrogens is 606 g/mol. The highest BCUT2D eigenvalue weighted by Crippen LogP contribution is 2.43. The van der Waals surface area contributed by atoms with Crippen LogP contribution in [0, 0.1) is 11.6 Å². The third-order valence-electron chi connectivity index (χ3n) is 7.50. The molecule has 0 aliphatic carbocycles. The molecule has 232 valence electrons. The van der Waals surface area contributed by atoms with Crippen molar-refractivity contribution in [2.45, 2.75) is 44.2 Å². The van der Waals surface area contributed by atoms with Crippen LogP contribution in [0.1, 0.15) is 36.6 Å². The Labute approximate surface area is 243 Å². The zero-order valence-electron chi connectivity index (χ0n) is 22.5. The van der Waals surface area contributed by atoms with Crippen molar-refractivity contribution in [1.82, 2.24) is 20.0 Å². The topological polar surface area (TPSA) is 98.7 Å². The fraction of sp³-hybridized carbons (Fsp3) is 0.286. The number of aliphatic hydroxyl groups excluding tert-OH is 1. The first kappa shape index (κ1) is 30.8. The summed E-state index contributed by atoms with van der Waals surface area (Å²) < 4.78 is 109. The Morgan fingerprint density at radius 1 is 1.05 bits per heavy atom. The van der Waals surface area contributed by atoms with Gasteiger partial charge in [0, 0.05) is 17.7 Å². The lowest BCUT2D eigenvalue weighted by molar-refractivity contribution is -0.160. The second-order valence-electron chi connectivity index (χ2n) is 10.3. The third kappa shape index (κ3) is 5.44. The molecule has 2 amide bonds. The largest absolute Gasteiger partial charge is 0.509 e. The number of aliphatic hydroxyl groups is 1. The number of nitrogens with zero attached hydrogens (tertiary/aromatic N) is 4. The number of benzene rings is 2. The first-order valence-electron chi connectivity index (χ1n) is 12.9. The molecule has 0 saturated carbocycles. The van der Waals surface area contributed by atoms with Gasteiger partial charge in [0.15, 0.2) is 11.6 Å². The van der Waals surface area contributed by atoms with Crippen LogP contribution in [0.4, 0.5) is 40.8 Å². The van der Waals surface area contributed by atoms with Crippen molar-refractivity contribution in [3.05, 3.63) is 88.6 Å². The predicted molar refractivity (Wildman–Crippen MR) is 137 cm³/mol. The monoisotopic (exact) mass is 627 g/mol.